The van der Waals surface area contributed by atoms with Crippen LogP contribution in [-0.2, 0) is 11.8 Å². The van der Waals surface area contributed by atoms with Gasteiger partial charge in [0.05, 0.1) is 24.0 Å². The molecule has 0 bridgehead atoms. The lowest BCUT2D eigenvalue weighted by Crippen LogP contribution is -1.76. The van der Waals surface area contributed by atoms with Crippen LogP contribution in [0.3, 0.4) is 0 Å². The molecule has 24 heavy (non-hydrogen) atoms. The molecule has 1 unspecified atom stereocenters. The van der Waals surface area contributed by atoms with E-state index in [1.807, 2.05) is 24.3 Å². The summed E-state index contributed by atoms with van der Waals surface area (Å²) in [6.45, 7) is 7.02. The van der Waals surface area contributed by atoms with Gasteiger partial charge in [0.15, 0.2) is 5.69 Å². The van der Waals surface area contributed by atoms with Crippen LogP contribution in [0.1, 0.15) is 5.56 Å². The Bertz CT molecular complexity index is 808. The first-order valence-corrected chi connectivity index (χ1v) is 13.9. The van der Waals surface area contributed by atoms with Crippen LogP contribution in [0, 0.1) is 30.2 Å². The summed E-state index contributed by atoms with van der Waals surface area (Å²) >= 11 is 10.8. The number of hydrogen-bond acceptors (Lipinski definition) is 5. The smallest absolute Gasteiger partial charge is 0.187 e. The second-order valence-electron chi connectivity index (χ2n) is 4.35. The second kappa shape index (κ2) is 9.24. The topological polar surface area (TPSA) is 28.1 Å². The molecule has 0 radical (unpaired) electrons. The highest BCUT2D eigenvalue weighted by Crippen LogP contribution is 2.81. The van der Waals surface area contributed by atoms with Crippen molar-refractivity contribution in [2.45, 2.75) is 9.79 Å². The van der Waals surface area contributed by atoms with E-state index in [0.29, 0.717) is 17.0 Å². The Labute approximate surface area is 159 Å². The highest BCUT2D eigenvalue weighted by molar-refractivity contribution is 9.23. The summed E-state index contributed by atoms with van der Waals surface area (Å²) in [6.07, 6.45) is 5.41. The minimum absolute atomic E-state index is 0.563. The fourth-order valence-electron chi connectivity index (χ4n) is 1.62. The molecular weight excluding hydrogens is 391 g/mol. The van der Waals surface area contributed by atoms with Crippen molar-refractivity contribution in [1.82, 2.24) is 0 Å². The van der Waals surface area contributed by atoms with E-state index in [2.05, 4.69) is 16.8 Å². The minimum Gasteiger partial charge on any atom is -0.238 e. The Balaban J connectivity index is 2.21. The molecule has 2 aromatic rings. The Kier molecular flexibility index (Phi) is 7.32. The summed E-state index contributed by atoms with van der Waals surface area (Å²) in [5.74, 6) is 3.21. The number of terminal acetylenes is 1. The number of rotatable bonds is 6. The predicted molar refractivity (Wildman–Crippen MR) is 111 cm³/mol. The minimum atomic E-state index is -1.95. The van der Waals surface area contributed by atoms with E-state index in [1.165, 1.54) is 0 Å². The van der Waals surface area contributed by atoms with Crippen molar-refractivity contribution in [2.75, 3.05) is 5.75 Å². The largest absolute Gasteiger partial charge is 0.238 e. The number of nitrogens with zero attached hydrogens (tertiary/aromatic N) is 2. The second-order valence-corrected chi connectivity index (χ2v) is 19.7. The third-order valence-corrected chi connectivity index (χ3v) is 15.5. The third-order valence-electron chi connectivity index (χ3n) is 2.69. The number of hydrogen-bond donors (Lipinski definition) is 0. The van der Waals surface area contributed by atoms with Crippen molar-refractivity contribution in [3.05, 3.63) is 65.5 Å². The van der Waals surface area contributed by atoms with E-state index in [-0.39, 0.29) is 0 Å². The zero-order valence-corrected chi connectivity index (χ0v) is 16.5. The van der Waals surface area contributed by atoms with E-state index >= 15 is 0 Å². The van der Waals surface area contributed by atoms with Gasteiger partial charge in [-0.3, -0.25) is 0 Å². The molecule has 0 saturated carbocycles. The summed E-state index contributed by atoms with van der Waals surface area (Å²) in [4.78, 5) is 5.47. The lowest BCUT2D eigenvalue weighted by atomic mass is 10.2. The van der Waals surface area contributed by atoms with Crippen LogP contribution in [0.4, 0.5) is 5.69 Å². The molecular formula is C17H11N2PS4. The quantitative estimate of drug-likeness (QED) is 0.309. The molecule has 0 spiro atoms. The molecule has 0 saturated heterocycles. The van der Waals surface area contributed by atoms with Gasteiger partial charge in [0.25, 0.3) is 0 Å². The van der Waals surface area contributed by atoms with Crippen LogP contribution in [-0.4, -0.2) is 5.75 Å². The number of benzene rings is 2. The lowest BCUT2D eigenvalue weighted by Gasteiger charge is -2.19. The molecule has 0 aromatic heterocycles. The van der Waals surface area contributed by atoms with Gasteiger partial charge in [0.2, 0.25) is 0 Å². The first-order chi connectivity index (χ1) is 11.6. The zero-order valence-electron chi connectivity index (χ0n) is 12.4. The van der Waals surface area contributed by atoms with Crippen LogP contribution >= 0.6 is 37.8 Å². The molecule has 0 aliphatic rings. The molecule has 7 heteroatoms. The van der Waals surface area contributed by atoms with Crippen LogP contribution < -0.4 is 0 Å². The van der Waals surface area contributed by atoms with E-state index in [9.17, 15) is 0 Å². The average molecular weight is 403 g/mol. The Hall–Kier alpha value is -1.32. The van der Waals surface area contributed by atoms with Gasteiger partial charge in [-0.2, -0.15) is 5.26 Å². The van der Waals surface area contributed by atoms with Crippen molar-refractivity contribution < 1.29 is 0 Å². The molecule has 2 nitrogen and oxygen atoms in total. The first kappa shape index (κ1) is 19.0. The normalized spacial score (nSPS) is 12.4. The van der Waals surface area contributed by atoms with Gasteiger partial charge >= 0.3 is 0 Å². The van der Waals surface area contributed by atoms with E-state index in [4.69, 9.17) is 30.1 Å². The van der Waals surface area contributed by atoms with Gasteiger partial charge in [-0.25, -0.2) is 4.85 Å². The summed E-state index contributed by atoms with van der Waals surface area (Å²) in [7, 11) is 0. The Morgan fingerprint density at radius 1 is 1.08 bits per heavy atom. The molecule has 118 valence electrons. The average Bonchev–Trinajstić information content (AvgIpc) is 2.61. The number of nitriles is 1. The molecule has 1 atom stereocenters. The Morgan fingerprint density at radius 2 is 1.62 bits per heavy atom. The van der Waals surface area contributed by atoms with Gasteiger partial charge in [-0.05, 0) is 24.3 Å². The molecule has 0 amide bonds. The van der Waals surface area contributed by atoms with Crippen LogP contribution in [0.15, 0.2) is 58.3 Å². The molecule has 0 aliphatic heterocycles. The molecule has 2 rings (SSSR count). The maximum atomic E-state index is 8.89. The Morgan fingerprint density at radius 3 is 2.08 bits per heavy atom. The van der Waals surface area contributed by atoms with E-state index in [0.717, 1.165) is 9.79 Å². The lowest BCUT2D eigenvalue weighted by molar-refractivity contribution is 1.42. The van der Waals surface area contributed by atoms with Crippen molar-refractivity contribution in [3.63, 3.8) is 0 Å². The molecule has 0 fully saturated rings. The molecule has 0 N–H and O–H groups in total. The summed E-state index contributed by atoms with van der Waals surface area (Å²) < 4.78 is -1.95. The van der Waals surface area contributed by atoms with Gasteiger partial charge in [0.1, 0.15) is 3.64 Å². The monoisotopic (exact) mass is 402 g/mol. The van der Waals surface area contributed by atoms with Crippen LogP contribution in [0.2, 0.25) is 0 Å². The summed E-state index contributed by atoms with van der Waals surface area (Å²) in [6, 6.07) is 17.0. The highest BCUT2D eigenvalue weighted by Gasteiger charge is 2.21. The van der Waals surface area contributed by atoms with Crippen molar-refractivity contribution in [2.24, 2.45) is 0 Å². The zero-order chi connectivity index (χ0) is 17.4. The molecule has 0 heterocycles. The van der Waals surface area contributed by atoms with Crippen molar-refractivity contribution in [1.29, 1.82) is 5.26 Å². The predicted octanol–water partition coefficient (Wildman–Crippen LogP) is 6.58. The SMILES string of the molecule is [C-]#[N+]c1ccc(SP(=S)(SCC#C)Sc2ccc(C#N)cc2)cc1. The molecule has 2 aromatic carbocycles. The van der Waals surface area contributed by atoms with Gasteiger partial charge in [-0.15, -0.1) is 6.42 Å². The van der Waals surface area contributed by atoms with Crippen LogP contribution in [0.5, 0.6) is 0 Å². The highest BCUT2D eigenvalue weighted by atomic mass is 33.5. The van der Waals surface area contributed by atoms with Gasteiger partial charge in [0, 0.05) is 9.79 Å². The maximum Gasteiger partial charge on any atom is 0.187 e. The van der Waals surface area contributed by atoms with Crippen LogP contribution in [0.25, 0.3) is 4.85 Å². The fraction of sp³-hybridized carbons (Fsp3) is 0.0588. The van der Waals surface area contributed by atoms with Gasteiger partial charge in [-0.1, -0.05) is 76.1 Å². The van der Waals surface area contributed by atoms with E-state index < -0.39 is 3.64 Å². The first-order valence-electron chi connectivity index (χ1n) is 6.63. The van der Waals surface area contributed by atoms with Crippen molar-refractivity contribution >= 4 is 55.3 Å². The summed E-state index contributed by atoms with van der Waals surface area (Å²) in [5.41, 5.74) is 1.25. The summed E-state index contributed by atoms with van der Waals surface area (Å²) in [5, 5.41) is 8.89. The molecule has 0 aliphatic carbocycles. The van der Waals surface area contributed by atoms with Crippen molar-refractivity contribution in [3.8, 4) is 18.4 Å². The maximum absolute atomic E-state index is 8.89. The third kappa shape index (κ3) is 5.64. The van der Waals surface area contributed by atoms with E-state index in [1.54, 1.807) is 58.4 Å². The van der Waals surface area contributed by atoms with Gasteiger partial charge < -0.3 is 0 Å². The standard InChI is InChI=1S/C17H11N2PS4/c1-3-12-22-20(21,23-16-8-4-14(13-18)5-9-16)24-17-10-6-15(19-2)7-11-17/h1,4-11H,12H2. The fourth-order valence-corrected chi connectivity index (χ4v) is 13.8.